The van der Waals surface area contributed by atoms with Crippen LogP contribution in [0.15, 0.2) is 4.99 Å². The van der Waals surface area contributed by atoms with Crippen LogP contribution in [0.3, 0.4) is 0 Å². The zero-order valence-corrected chi connectivity index (χ0v) is 11.6. The third kappa shape index (κ3) is 2.93. The molecule has 2 aliphatic rings. The van der Waals surface area contributed by atoms with Gasteiger partial charge in [0.1, 0.15) is 0 Å². The van der Waals surface area contributed by atoms with Gasteiger partial charge < -0.3 is 10.2 Å². The molecule has 0 bridgehead atoms. The van der Waals surface area contributed by atoms with E-state index in [1.165, 1.54) is 45.2 Å². The third-order valence-corrected chi connectivity index (χ3v) is 4.46. The lowest BCUT2D eigenvalue weighted by Gasteiger charge is -2.32. The highest BCUT2D eigenvalue weighted by Crippen LogP contribution is 2.33. The first-order valence-electron chi connectivity index (χ1n) is 7.23. The highest BCUT2D eigenvalue weighted by molar-refractivity contribution is 5.80. The molecule has 0 aromatic carbocycles. The van der Waals surface area contributed by atoms with E-state index in [-0.39, 0.29) is 0 Å². The summed E-state index contributed by atoms with van der Waals surface area (Å²) in [5.74, 6) is 1.16. The van der Waals surface area contributed by atoms with E-state index in [1.54, 1.807) is 0 Å². The fourth-order valence-electron chi connectivity index (χ4n) is 2.61. The van der Waals surface area contributed by atoms with Gasteiger partial charge in [0.25, 0.3) is 0 Å². The predicted molar refractivity (Wildman–Crippen MR) is 73.3 cm³/mol. The summed E-state index contributed by atoms with van der Waals surface area (Å²) < 4.78 is 0. The van der Waals surface area contributed by atoms with Crippen molar-refractivity contribution < 1.29 is 0 Å². The molecule has 1 aliphatic carbocycles. The van der Waals surface area contributed by atoms with Crippen LogP contribution in [-0.2, 0) is 0 Å². The molecule has 1 N–H and O–H groups in total. The molecule has 0 spiro atoms. The van der Waals surface area contributed by atoms with Crippen molar-refractivity contribution in [2.45, 2.75) is 58.9 Å². The third-order valence-electron chi connectivity index (χ3n) is 4.46. The van der Waals surface area contributed by atoms with Gasteiger partial charge in [0.2, 0.25) is 0 Å². The molecule has 1 heterocycles. The van der Waals surface area contributed by atoms with Gasteiger partial charge in [-0.15, -0.1) is 0 Å². The summed E-state index contributed by atoms with van der Waals surface area (Å²) in [6, 6.07) is 0.689. The van der Waals surface area contributed by atoms with Gasteiger partial charge in [-0.3, -0.25) is 4.99 Å². The summed E-state index contributed by atoms with van der Waals surface area (Å²) in [4.78, 5) is 7.12. The average molecular weight is 237 g/mol. The summed E-state index contributed by atoms with van der Waals surface area (Å²) in [6.45, 7) is 10.1. The molecule has 1 saturated carbocycles. The molecule has 0 aromatic heterocycles. The molecular weight excluding hydrogens is 210 g/mol. The quantitative estimate of drug-likeness (QED) is 0.603. The van der Waals surface area contributed by atoms with Crippen LogP contribution in [-0.4, -0.2) is 36.5 Å². The lowest BCUT2D eigenvalue weighted by molar-refractivity contribution is 0.313. The summed E-state index contributed by atoms with van der Waals surface area (Å²) in [6.07, 6.45) is 6.60. The average Bonchev–Trinajstić information content (AvgIpc) is 2.65. The Morgan fingerprint density at radius 1 is 1.41 bits per heavy atom. The lowest BCUT2D eigenvalue weighted by atomic mass is 9.87. The molecule has 2 rings (SSSR count). The number of guanidine groups is 1. The van der Waals surface area contributed by atoms with Crippen molar-refractivity contribution in [3.63, 3.8) is 0 Å². The van der Waals surface area contributed by atoms with Gasteiger partial charge in [-0.05, 0) is 44.4 Å². The first kappa shape index (κ1) is 12.7. The van der Waals surface area contributed by atoms with Crippen LogP contribution < -0.4 is 5.32 Å². The topological polar surface area (TPSA) is 27.6 Å². The number of nitrogens with one attached hydrogen (secondary N) is 1. The molecule has 0 radical (unpaired) electrons. The lowest BCUT2D eigenvalue weighted by Crippen LogP contribution is -2.48. The van der Waals surface area contributed by atoms with Gasteiger partial charge >= 0.3 is 0 Å². The second-order valence-electron chi connectivity index (χ2n) is 5.91. The van der Waals surface area contributed by atoms with E-state index >= 15 is 0 Å². The molecule has 1 aliphatic heterocycles. The molecule has 1 atom stereocenters. The SMILES string of the molecule is CCN=C(NC1CCC1)N1CCC(C)(CC)C1. The Morgan fingerprint density at radius 3 is 2.65 bits per heavy atom. The van der Waals surface area contributed by atoms with Crippen LogP contribution in [0.2, 0.25) is 0 Å². The summed E-state index contributed by atoms with van der Waals surface area (Å²) in [5, 5.41) is 3.63. The second kappa shape index (κ2) is 5.28. The summed E-state index contributed by atoms with van der Waals surface area (Å²) in [5.41, 5.74) is 0.496. The molecule has 2 fully saturated rings. The maximum Gasteiger partial charge on any atom is 0.194 e. The van der Waals surface area contributed by atoms with Gasteiger partial charge in [0, 0.05) is 25.7 Å². The fourth-order valence-corrected chi connectivity index (χ4v) is 2.61. The van der Waals surface area contributed by atoms with Gasteiger partial charge in [-0.25, -0.2) is 0 Å². The van der Waals surface area contributed by atoms with Crippen molar-refractivity contribution in [1.82, 2.24) is 10.2 Å². The van der Waals surface area contributed by atoms with Crippen molar-refractivity contribution in [2.75, 3.05) is 19.6 Å². The van der Waals surface area contributed by atoms with Crippen LogP contribution in [0, 0.1) is 5.41 Å². The Hall–Kier alpha value is -0.730. The molecule has 3 nitrogen and oxygen atoms in total. The maximum absolute atomic E-state index is 4.66. The van der Waals surface area contributed by atoms with Crippen molar-refractivity contribution in [3.05, 3.63) is 0 Å². The zero-order chi connectivity index (χ0) is 12.3. The van der Waals surface area contributed by atoms with E-state index in [9.17, 15) is 0 Å². The number of nitrogens with zero attached hydrogens (tertiary/aromatic N) is 2. The fraction of sp³-hybridized carbons (Fsp3) is 0.929. The van der Waals surface area contributed by atoms with E-state index in [0.29, 0.717) is 11.5 Å². The van der Waals surface area contributed by atoms with E-state index in [1.807, 2.05) is 0 Å². The molecule has 98 valence electrons. The standard InChI is InChI=1S/C14H27N3/c1-4-14(3)9-10-17(11-14)13(15-5-2)16-12-7-6-8-12/h12H,4-11H2,1-3H3,(H,15,16). The van der Waals surface area contributed by atoms with Crippen molar-refractivity contribution >= 4 is 5.96 Å². The van der Waals surface area contributed by atoms with Gasteiger partial charge in [0.15, 0.2) is 5.96 Å². The van der Waals surface area contributed by atoms with Crippen LogP contribution in [0.5, 0.6) is 0 Å². The molecule has 17 heavy (non-hydrogen) atoms. The molecular formula is C14H27N3. The van der Waals surface area contributed by atoms with Crippen LogP contribution in [0.25, 0.3) is 0 Å². The van der Waals surface area contributed by atoms with Crippen LogP contribution in [0.4, 0.5) is 0 Å². The smallest absolute Gasteiger partial charge is 0.194 e. The summed E-state index contributed by atoms with van der Waals surface area (Å²) in [7, 11) is 0. The van der Waals surface area contributed by atoms with Gasteiger partial charge in [-0.2, -0.15) is 0 Å². The Labute approximate surface area is 106 Å². The Bertz CT molecular complexity index is 283. The van der Waals surface area contributed by atoms with Crippen LogP contribution in [0.1, 0.15) is 52.9 Å². The highest BCUT2D eigenvalue weighted by atomic mass is 15.3. The number of aliphatic imine (C=N–C) groups is 1. The van der Waals surface area contributed by atoms with E-state index in [2.05, 4.69) is 36.0 Å². The Kier molecular flexibility index (Phi) is 3.95. The molecule has 3 heteroatoms. The Morgan fingerprint density at radius 2 is 2.18 bits per heavy atom. The largest absolute Gasteiger partial charge is 0.354 e. The number of hydrogen-bond acceptors (Lipinski definition) is 1. The molecule has 0 aromatic rings. The molecule has 1 saturated heterocycles. The second-order valence-corrected chi connectivity index (χ2v) is 5.91. The van der Waals surface area contributed by atoms with Crippen molar-refractivity contribution in [1.29, 1.82) is 0 Å². The first-order valence-corrected chi connectivity index (χ1v) is 7.23. The molecule has 1 unspecified atom stereocenters. The molecule has 0 amide bonds. The van der Waals surface area contributed by atoms with Crippen molar-refractivity contribution in [2.24, 2.45) is 10.4 Å². The minimum absolute atomic E-state index is 0.496. The summed E-state index contributed by atoms with van der Waals surface area (Å²) >= 11 is 0. The number of hydrogen-bond donors (Lipinski definition) is 1. The maximum atomic E-state index is 4.66. The van der Waals surface area contributed by atoms with Crippen molar-refractivity contribution in [3.8, 4) is 0 Å². The Balaban J connectivity index is 1.94. The highest BCUT2D eigenvalue weighted by Gasteiger charge is 2.34. The first-order chi connectivity index (χ1) is 8.17. The van der Waals surface area contributed by atoms with E-state index in [0.717, 1.165) is 12.5 Å². The number of likely N-dealkylation sites (tertiary alicyclic amines) is 1. The monoisotopic (exact) mass is 237 g/mol. The predicted octanol–water partition coefficient (Wildman–Crippen LogP) is 2.63. The van der Waals surface area contributed by atoms with E-state index < -0.39 is 0 Å². The normalized spacial score (nSPS) is 30.5. The zero-order valence-electron chi connectivity index (χ0n) is 11.6. The number of rotatable bonds is 3. The van der Waals surface area contributed by atoms with Gasteiger partial charge in [0.05, 0.1) is 0 Å². The van der Waals surface area contributed by atoms with Gasteiger partial charge in [-0.1, -0.05) is 13.8 Å². The van der Waals surface area contributed by atoms with E-state index in [4.69, 9.17) is 0 Å². The van der Waals surface area contributed by atoms with Crippen LogP contribution >= 0.6 is 0 Å². The minimum atomic E-state index is 0.496. The minimum Gasteiger partial charge on any atom is -0.354 e.